The number of anilines is 1. The van der Waals surface area contributed by atoms with Crippen molar-refractivity contribution in [2.24, 2.45) is 0 Å². The summed E-state index contributed by atoms with van der Waals surface area (Å²) in [5.74, 6) is 0.174. The van der Waals surface area contributed by atoms with Gasteiger partial charge in [-0.3, -0.25) is 9.59 Å². The molecule has 0 aliphatic heterocycles. The molecule has 2 N–H and O–H groups in total. The lowest BCUT2D eigenvalue weighted by atomic mass is 10.1. The molecule has 0 aliphatic rings. The van der Waals surface area contributed by atoms with Crippen LogP contribution in [0.25, 0.3) is 0 Å². The van der Waals surface area contributed by atoms with Crippen LogP contribution in [0.2, 0.25) is 0 Å². The van der Waals surface area contributed by atoms with Gasteiger partial charge < -0.3 is 15.4 Å². The Labute approximate surface area is 181 Å². The smallest absolute Gasteiger partial charge is 0.259 e. The van der Waals surface area contributed by atoms with E-state index < -0.39 is 0 Å². The normalized spacial score (nSPS) is 10.7. The van der Waals surface area contributed by atoms with Crippen molar-refractivity contribution in [2.45, 2.75) is 52.5 Å². The highest BCUT2D eigenvalue weighted by molar-refractivity contribution is 9.10. The van der Waals surface area contributed by atoms with Crippen LogP contribution < -0.4 is 15.4 Å². The fraction of sp³-hybridized carbons (Fsp3) is 0.391. The number of halogens is 1. The molecule has 0 radical (unpaired) electrons. The van der Waals surface area contributed by atoms with E-state index in [-0.39, 0.29) is 17.9 Å². The quantitative estimate of drug-likeness (QED) is 0.440. The van der Waals surface area contributed by atoms with Crippen LogP contribution in [0.3, 0.4) is 0 Å². The maximum absolute atomic E-state index is 12.8. The van der Waals surface area contributed by atoms with Crippen molar-refractivity contribution in [1.82, 2.24) is 5.32 Å². The number of carbonyl (C=O) groups excluding carboxylic acids is 2. The van der Waals surface area contributed by atoms with E-state index in [0.717, 1.165) is 17.3 Å². The SMILES string of the molecule is CCCCCCOc1ccc(Br)cc1C(=O)Nc1ccc(C(=O)NC(C)C)cc1. The van der Waals surface area contributed by atoms with Gasteiger partial charge in [0, 0.05) is 21.8 Å². The first kappa shape index (κ1) is 22.9. The molecule has 2 amide bonds. The van der Waals surface area contributed by atoms with E-state index in [0.29, 0.717) is 29.2 Å². The minimum Gasteiger partial charge on any atom is -0.493 e. The van der Waals surface area contributed by atoms with Crippen molar-refractivity contribution in [2.75, 3.05) is 11.9 Å². The summed E-state index contributed by atoms with van der Waals surface area (Å²) in [6.45, 7) is 6.57. The Hall–Kier alpha value is -2.34. The number of unbranched alkanes of at least 4 members (excludes halogenated alkanes) is 3. The zero-order valence-corrected chi connectivity index (χ0v) is 18.8. The molecular weight excluding hydrogens is 432 g/mol. The van der Waals surface area contributed by atoms with Gasteiger partial charge in [-0.2, -0.15) is 0 Å². The van der Waals surface area contributed by atoms with E-state index >= 15 is 0 Å². The average Bonchev–Trinajstić information content (AvgIpc) is 2.68. The molecule has 0 fully saturated rings. The molecule has 0 heterocycles. The van der Waals surface area contributed by atoms with Gasteiger partial charge in [-0.1, -0.05) is 42.1 Å². The lowest BCUT2D eigenvalue weighted by Gasteiger charge is -2.13. The summed E-state index contributed by atoms with van der Waals surface area (Å²) in [7, 11) is 0. The lowest BCUT2D eigenvalue weighted by Crippen LogP contribution is -2.30. The average molecular weight is 461 g/mol. The van der Waals surface area contributed by atoms with Gasteiger partial charge >= 0.3 is 0 Å². The van der Waals surface area contributed by atoms with Crippen molar-refractivity contribution in [3.63, 3.8) is 0 Å². The molecule has 2 rings (SSSR count). The molecule has 6 heteroatoms. The Balaban J connectivity index is 2.04. The second kappa shape index (κ2) is 11.6. The first-order valence-electron chi connectivity index (χ1n) is 10.0. The number of rotatable bonds is 10. The van der Waals surface area contributed by atoms with E-state index in [1.165, 1.54) is 12.8 Å². The maximum Gasteiger partial charge on any atom is 0.259 e. The summed E-state index contributed by atoms with van der Waals surface area (Å²) >= 11 is 3.42. The Morgan fingerprint density at radius 1 is 1.00 bits per heavy atom. The van der Waals surface area contributed by atoms with Gasteiger partial charge in [0.15, 0.2) is 0 Å². The van der Waals surface area contributed by atoms with Crippen molar-refractivity contribution in [1.29, 1.82) is 0 Å². The predicted octanol–water partition coefficient (Wildman–Crippen LogP) is 5.80. The molecule has 2 aromatic rings. The second-order valence-corrected chi connectivity index (χ2v) is 8.12. The molecule has 0 spiro atoms. The fourth-order valence-corrected chi connectivity index (χ4v) is 3.13. The zero-order chi connectivity index (χ0) is 21.2. The van der Waals surface area contributed by atoms with Crippen molar-refractivity contribution >= 4 is 33.4 Å². The summed E-state index contributed by atoms with van der Waals surface area (Å²) in [5, 5.41) is 5.71. The summed E-state index contributed by atoms with van der Waals surface area (Å²) < 4.78 is 6.66. The molecule has 0 unspecified atom stereocenters. The van der Waals surface area contributed by atoms with E-state index in [1.807, 2.05) is 19.9 Å². The number of ether oxygens (including phenoxy) is 1. The number of hydrogen-bond acceptors (Lipinski definition) is 3. The van der Waals surface area contributed by atoms with Crippen LogP contribution in [0.4, 0.5) is 5.69 Å². The van der Waals surface area contributed by atoms with Crippen LogP contribution in [0, 0.1) is 0 Å². The van der Waals surface area contributed by atoms with Crippen LogP contribution in [-0.4, -0.2) is 24.5 Å². The molecule has 0 aromatic heterocycles. The summed E-state index contributed by atoms with van der Waals surface area (Å²) in [6.07, 6.45) is 4.43. The third kappa shape index (κ3) is 7.54. The first-order valence-corrected chi connectivity index (χ1v) is 10.8. The minimum absolute atomic E-state index is 0.0683. The molecule has 0 saturated carbocycles. The standard InChI is InChI=1S/C23H29BrN2O3/c1-4-5-6-7-14-29-21-13-10-18(24)15-20(21)23(28)26-19-11-8-17(9-12-19)22(27)25-16(2)3/h8-13,15-16H,4-7,14H2,1-3H3,(H,25,27)(H,26,28). The fourth-order valence-electron chi connectivity index (χ4n) is 2.77. The van der Waals surface area contributed by atoms with Crippen LogP contribution in [0.15, 0.2) is 46.9 Å². The van der Waals surface area contributed by atoms with Gasteiger partial charge in [0.2, 0.25) is 0 Å². The topological polar surface area (TPSA) is 67.4 Å². The van der Waals surface area contributed by atoms with Crippen molar-refractivity contribution in [3.8, 4) is 5.75 Å². The number of nitrogens with one attached hydrogen (secondary N) is 2. The van der Waals surface area contributed by atoms with Gasteiger partial charge in [0.25, 0.3) is 11.8 Å². The Kier molecular flexibility index (Phi) is 9.19. The number of carbonyl (C=O) groups is 2. The van der Waals surface area contributed by atoms with Gasteiger partial charge in [-0.25, -0.2) is 0 Å². The van der Waals surface area contributed by atoms with Crippen LogP contribution in [0.1, 0.15) is 67.2 Å². The van der Waals surface area contributed by atoms with Crippen molar-refractivity contribution in [3.05, 3.63) is 58.1 Å². The molecule has 29 heavy (non-hydrogen) atoms. The van der Waals surface area contributed by atoms with Gasteiger partial charge in [-0.05, 0) is 62.7 Å². The van der Waals surface area contributed by atoms with E-state index in [9.17, 15) is 9.59 Å². The Morgan fingerprint density at radius 2 is 1.72 bits per heavy atom. The summed E-state index contributed by atoms with van der Waals surface area (Å²) in [4.78, 5) is 24.8. The first-order chi connectivity index (χ1) is 13.9. The second-order valence-electron chi connectivity index (χ2n) is 7.21. The largest absolute Gasteiger partial charge is 0.493 e. The van der Waals surface area contributed by atoms with Crippen LogP contribution in [-0.2, 0) is 0 Å². The van der Waals surface area contributed by atoms with Gasteiger partial charge in [-0.15, -0.1) is 0 Å². The van der Waals surface area contributed by atoms with E-state index in [1.54, 1.807) is 36.4 Å². The number of hydrogen-bond donors (Lipinski definition) is 2. The molecule has 0 atom stereocenters. The summed E-state index contributed by atoms with van der Waals surface area (Å²) in [6, 6.07) is 12.3. The highest BCUT2D eigenvalue weighted by Gasteiger charge is 2.14. The molecule has 0 aliphatic carbocycles. The molecule has 0 bridgehead atoms. The molecule has 156 valence electrons. The third-order valence-corrected chi connectivity index (χ3v) is 4.76. The monoisotopic (exact) mass is 460 g/mol. The Morgan fingerprint density at radius 3 is 2.38 bits per heavy atom. The predicted molar refractivity (Wildman–Crippen MR) is 121 cm³/mol. The third-order valence-electron chi connectivity index (χ3n) is 4.27. The van der Waals surface area contributed by atoms with E-state index in [4.69, 9.17) is 4.74 Å². The minimum atomic E-state index is -0.255. The highest BCUT2D eigenvalue weighted by atomic mass is 79.9. The van der Waals surface area contributed by atoms with E-state index in [2.05, 4.69) is 33.5 Å². The molecular formula is C23H29BrN2O3. The van der Waals surface area contributed by atoms with Crippen molar-refractivity contribution < 1.29 is 14.3 Å². The zero-order valence-electron chi connectivity index (χ0n) is 17.3. The van der Waals surface area contributed by atoms with Crippen LogP contribution in [0.5, 0.6) is 5.75 Å². The van der Waals surface area contributed by atoms with Gasteiger partial charge in [0.05, 0.1) is 12.2 Å². The number of amides is 2. The highest BCUT2D eigenvalue weighted by Crippen LogP contribution is 2.25. The Bertz CT molecular complexity index is 819. The van der Waals surface area contributed by atoms with Crippen LogP contribution >= 0.6 is 15.9 Å². The number of benzene rings is 2. The molecule has 5 nitrogen and oxygen atoms in total. The molecule has 0 saturated heterocycles. The lowest BCUT2D eigenvalue weighted by molar-refractivity contribution is 0.0942. The molecule has 2 aromatic carbocycles. The summed E-state index contributed by atoms with van der Waals surface area (Å²) in [5.41, 5.74) is 1.64. The van der Waals surface area contributed by atoms with Gasteiger partial charge in [0.1, 0.15) is 5.75 Å². The maximum atomic E-state index is 12.8.